The van der Waals surface area contributed by atoms with Gasteiger partial charge in [0.25, 0.3) is 6.47 Å². The standard InChI is InChI=1S/C29H38O7/c1-15-11-23(35-26(32)16(15)2)28(4)25-21(34-14-30)12-19-18-10-9-17-7-6-8-22(31)27(17,3)20(18)13-29(33-5,36-28)24(19)25/h6,8-9,14-16,18-21,23-25H,7,10-13H2,1-5H3/t15-,16+,18-,19-,20-,21-,23+,24+,25-,27-,28-,29+/m0/s1. The molecule has 0 aromatic carbocycles. The molecule has 196 valence electrons. The lowest BCUT2D eigenvalue weighted by molar-refractivity contribution is -0.304. The van der Waals surface area contributed by atoms with Crippen molar-refractivity contribution in [1.29, 1.82) is 0 Å². The van der Waals surface area contributed by atoms with Crippen LogP contribution in [0.15, 0.2) is 23.8 Å². The zero-order valence-corrected chi connectivity index (χ0v) is 21.9. The zero-order chi connectivity index (χ0) is 25.6. The summed E-state index contributed by atoms with van der Waals surface area (Å²) in [4.78, 5) is 37.8. The number of carbonyl (C=O) groups excluding carboxylic acids is 3. The van der Waals surface area contributed by atoms with E-state index in [4.69, 9.17) is 18.9 Å². The number of methoxy groups -OCH3 is 1. The average molecular weight is 499 g/mol. The summed E-state index contributed by atoms with van der Waals surface area (Å²) in [6.45, 7) is 8.64. The van der Waals surface area contributed by atoms with E-state index in [-0.39, 0.29) is 59.3 Å². The van der Waals surface area contributed by atoms with Crippen LogP contribution in [-0.2, 0) is 33.3 Å². The Hall–Kier alpha value is -1.99. The molecule has 0 spiro atoms. The molecule has 0 radical (unpaired) electrons. The Bertz CT molecular complexity index is 1050. The molecule has 0 unspecified atom stereocenters. The summed E-state index contributed by atoms with van der Waals surface area (Å²) < 4.78 is 25.2. The maximum atomic E-state index is 13.4. The molecule has 6 aliphatic rings. The van der Waals surface area contributed by atoms with Gasteiger partial charge in [0.05, 0.1) is 11.3 Å². The van der Waals surface area contributed by atoms with Crippen LogP contribution in [0.4, 0.5) is 0 Å². The largest absolute Gasteiger partial charge is 0.464 e. The fourth-order valence-corrected chi connectivity index (χ4v) is 9.24. The summed E-state index contributed by atoms with van der Waals surface area (Å²) in [6.07, 6.45) is 8.86. The molecule has 6 rings (SSSR count). The number of allylic oxidation sites excluding steroid dienone is 4. The molecule has 0 aromatic rings. The topological polar surface area (TPSA) is 88.1 Å². The lowest BCUT2D eigenvalue weighted by Gasteiger charge is -2.56. The molecule has 2 aliphatic heterocycles. The number of hydrogen-bond acceptors (Lipinski definition) is 7. The molecule has 0 bridgehead atoms. The van der Waals surface area contributed by atoms with E-state index in [1.807, 2.05) is 19.9 Å². The number of cyclic esters (lactones) is 1. The van der Waals surface area contributed by atoms with Crippen LogP contribution in [0.2, 0.25) is 0 Å². The highest BCUT2D eigenvalue weighted by Gasteiger charge is 2.76. The van der Waals surface area contributed by atoms with Crippen molar-refractivity contribution in [2.45, 2.75) is 83.4 Å². The first-order chi connectivity index (χ1) is 17.1. The number of carbonyl (C=O) groups is 3. The first kappa shape index (κ1) is 24.4. The van der Waals surface area contributed by atoms with E-state index in [1.165, 1.54) is 5.57 Å². The van der Waals surface area contributed by atoms with Gasteiger partial charge in [-0.2, -0.15) is 0 Å². The minimum Gasteiger partial charge on any atom is -0.464 e. The van der Waals surface area contributed by atoms with Crippen LogP contribution in [0, 0.1) is 46.8 Å². The van der Waals surface area contributed by atoms with Gasteiger partial charge >= 0.3 is 5.97 Å². The van der Waals surface area contributed by atoms with Crippen LogP contribution in [0.1, 0.15) is 59.8 Å². The van der Waals surface area contributed by atoms with Gasteiger partial charge in [-0.05, 0) is 69.3 Å². The van der Waals surface area contributed by atoms with Gasteiger partial charge in [-0.25, -0.2) is 0 Å². The van der Waals surface area contributed by atoms with Gasteiger partial charge < -0.3 is 18.9 Å². The molecule has 0 amide bonds. The second-order valence-electron chi connectivity index (χ2n) is 12.6. The highest BCUT2D eigenvalue weighted by atomic mass is 16.7. The molecule has 0 aromatic heterocycles. The van der Waals surface area contributed by atoms with Crippen molar-refractivity contribution in [2.75, 3.05) is 7.11 Å². The molecular formula is C29H38O7. The fourth-order valence-electron chi connectivity index (χ4n) is 9.24. The normalized spacial score (nSPS) is 53.1. The molecule has 12 atom stereocenters. The molecule has 0 N–H and O–H groups in total. The van der Waals surface area contributed by atoms with E-state index in [9.17, 15) is 14.4 Å². The summed E-state index contributed by atoms with van der Waals surface area (Å²) in [5, 5.41) is 0. The van der Waals surface area contributed by atoms with E-state index < -0.39 is 22.9 Å². The van der Waals surface area contributed by atoms with Crippen molar-refractivity contribution in [3.63, 3.8) is 0 Å². The summed E-state index contributed by atoms with van der Waals surface area (Å²) in [5.74, 6) is -0.678. The average Bonchev–Trinajstić information content (AvgIpc) is 3.37. The quantitative estimate of drug-likeness (QED) is 0.329. The van der Waals surface area contributed by atoms with Crippen molar-refractivity contribution in [3.8, 4) is 0 Å². The Morgan fingerprint density at radius 3 is 2.58 bits per heavy atom. The van der Waals surface area contributed by atoms with E-state index in [1.54, 1.807) is 13.2 Å². The van der Waals surface area contributed by atoms with Crippen LogP contribution in [-0.4, -0.2) is 48.9 Å². The third kappa shape index (κ3) is 2.96. The number of rotatable bonds is 4. The van der Waals surface area contributed by atoms with Gasteiger partial charge in [-0.1, -0.05) is 31.6 Å². The van der Waals surface area contributed by atoms with Crippen LogP contribution < -0.4 is 0 Å². The Morgan fingerprint density at radius 1 is 1.11 bits per heavy atom. The van der Waals surface area contributed by atoms with E-state index >= 15 is 0 Å². The number of ketones is 1. The Balaban J connectivity index is 1.45. The molecule has 7 heteroatoms. The predicted molar refractivity (Wildman–Crippen MR) is 129 cm³/mol. The first-order valence-corrected chi connectivity index (χ1v) is 13.6. The van der Waals surface area contributed by atoms with Crippen molar-refractivity contribution < 1.29 is 33.3 Å². The highest BCUT2D eigenvalue weighted by Crippen LogP contribution is 2.70. The summed E-state index contributed by atoms with van der Waals surface area (Å²) in [7, 11) is 1.69. The molecule has 2 saturated heterocycles. The molecule has 4 fully saturated rings. The van der Waals surface area contributed by atoms with Gasteiger partial charge in [0.1, 0.15) is 17.8 Å². The third-order valence-corrected chi connectivity index (χ3v) is 11.3. The SMILES string of the molecule is CO[C@@]12C[C@H]3[C@@H](CC=C4CC=CC(=O)[C@@]43C)[C@@H]3C[C@H](OC=O)[C@@H]([C@@H]31)[C@](C)([C@H]1C[C@H](C)[C@@H](C)C(=O)O1)O2. The van der Waals surface area contributed by atoms with E-state index in [0.29, 0.717) is 25.7 Å². The number of ether oxygens (including phenoxy) is 4. The molecule has 7 nitrogen and oxygen atoms in total. The Labute approximate surface area is 212 Å². The fraction of sp³-hybridized carbons (Fsp3) is 0.759. The van der Waals surface area contributed by atoms with Gasteiger partial charge in [0.2, 0.25) is 0 Å². The summed E-state index contributed by atoms with van der Waals surface area (Å²) in [5.41, 5.74) is -0.258. The molecular weight excluding hydrogens is 460 g/mol. The van der Waals surface area contributed by atoms with Gasteiger partial charge in [0, 0.05) is 25.4 Å². The van der Waals surface area contributed by atoms with Crippen molar-refractivity contribution >= 4 is 18.2 Å². The second kappa shape index (κ2) is 8.00. The summed E-state index contributed by atoms with van der Waals surface area (Å²) >= 11 is 0. The van der Waals surface area contributed by atoms with Crippen molar-refractivity contribution in [2.24, 2.45) is 46.8 Å². The maximum absolute atomic E-state index is 13.4. The smallest absolute Gasteiger partial charge is 0.309 e. The lowest BCUT2D eigenvalue weighted by Crippen LogP contribution is -2.58. The highest BCUT2D eigenvalue weighted by molar-refractivity contribution is 5.98. The molecule has 2 heterocycles. The van der Waals surface area contributed by atoms with E-state index in [2.05, 4.69) is 19.9 Å². The number of hydrogen-bond donors (Lipinski definition) is 0. The maximum Gasteiger partial charge on any atom is 0.309 e. The Morgan fingerprint density at radius 2 is 1.89 bits per heavy atom. The van der Waals surface area contributed by atoms with Crippen molar-refractivity contribution in [3.05, 3.63) is 23.8 Å². The molecule has 2 saturated carbocycles. The third-order valence-electron chi connectivity index (χ3n) is 11.3. The second-order valence-corrected chi connectivity index (χ2v) is 12.6. The zero-order valence-electron chi connectivity index (χ0n) is 21.9. The van der Waals surface area contributed by atoms with Crippen LogP contribution >= 0.6 is 0 Å². The minimum atomic E-state index is -0.933. The van der Waals surface area contributed by atoms with Gasteiger partial charge in [-0.3, -0.25) is 14.4 Å². The van der Waals surface area contributed by atoms with Crippen LogP contribution in [0.3, 0.4) is 0 Å². The van der Waals surface area contributed by atoms with Crippen molar-refractivity contribution in [1.82, 2.24) is 0 Å². The van der Waals surface area contributed by atoms with Crippen LogP contribution in [0.5, 0.6) is 0 Å². The molecule has 36 heavy (non-hydrogen) atoms. The van der Waals surface area contributed by atoms with Gasteiger partial charge in [0.15, 0.2) is 11.6 Å². The van der Waals surface area contributed by atoms with E-state index in [0.717, 1.165) is 12.8 Å². The predicted octanol–water partition coefficient (Wildman–Crippen LogP) is 4.00. The molecule has 4 aliphatic carbocycles. The number of fused-ring (bicyclic) bond motifs is 4. The monoisotopic (exact) mass is 498 g/mol. The number of esters is 1. The lowest BCUT2D eigenvalue weighted by atomic mass is 9.49. The summed E-state index contributed by atoms with van der Waals surface area (Å²) in [6, 6.07) is 0. The first-order valence-electron chi connectivity index (χ1n) is 13.6. The Kier molecular flexibility index (Phi) is 5.41. The van der Waals surface area contributed by atoms with Crippen LogP contribution in [0.25, 0.3) is 0 Å². The minimum absolute atomic E-state index is 0.0140. The van der Waals surface area contributed by atoms with Gasteiger partial charge in [-0.15, -0.1) is 0 Å².